The number of aliphatic hydroxyl groups is 1. The number of hydrogen-bond acceptors (Lipinski definition) is 1. The summed E-state index contributed by atoms with van der Waals surface area (Å²) >= 11 is 0. The van der Waals surface area contributed by atoms with Crippen molar-refractivity contribution in [1.82, 2.24) is 0 Å². The molecule has 1 aromatic rings. The Morgan fingerprint density at radius 1 is 1.11 bits per heavy atom. The summed E-state index contributed by atoms with van der Waals surface area (Å²) in [6.07, 6.45) is 10.1. The van der Waals surface area contributed by atoms with E-state index < -0.39 is 0 Å². The fraction of sp³-hybridized carbons (Fsp3) is 0.667. The van der Waals surface area contributed by atoms with Crippen molar-refractivity contribution in [1.29, 1.82) is 0 Å². The molecule has 3 aliphatic carbocycles. The summed E-state index contributed by atoms with van der Waals surface area (Å²) < 4.78 is 0. The lowest BCUT2D eigenvalue weighted by Gasteiger charge is -2.27. The first-order valence-corrected chi connectivity index (χ1v) is 8.08. The van der Waals surface area contributed by atoms with Gasteiger partial charge in [-0.25, -0.2) is 0 Å². The van der Waals surface area contributed by atoms with Crippen LogP contribution in [0.1, 0.15) is 48.8 Å². The topological polar surface area (TPSA) is 20.2 Å². The van der Waals surface area contributed by atoms with Crippen LogP contribution in [0.25, 0.3) is 0 Å². The molecule has 4 unspecified atom stereocenters. The molecule has 0 spiro atoms. The number of rotatable bonds is 3. The Balaban J connectivity index is 1.46. The second kappa shape index (κ2) is 4.63. The van der Waals surface area contributed by atoms with E-state index in [4.69, 9.17) is 0 Å². The average molecular weight is 256 g/mol. The van der Waals surface area contributed by atoms with Gasteiger partial charge >= 0.3 is 0 Å². The van der Waals surface area contributed by atoms with Gasteiger partial charge < -0.3 is 5.11 Å². The summed E-state index contributed by atoms with van der Waals surface area (Å²) in [5, 5.41) is 10.6. The predicted molar refractivity (Wildman–Crippen MR) is 77.1 cm³/mol. The molecule has 2 fully saturated rings. The largest absolute Gasteiger partial charge is 0.392 e. The van der Waals surface area contributed by atoms with E-state index in [1.807, 2.05) is 0 Å². The van der Waals surface area contributed by atoms with Gasteiger partial charge in [-0.3, -0.25) is 0 Å². The SMILES string of the molecule is OC(Cc1ccc2c(c1)CCC2)C1CC2CCC1C2. The second-order valence-electron chi connectivity index (χ2n) is 7.07. The van der Waals surface area contributed by atoms with E-state index in [0.717, 1.165) is 18.3 Å². The Kier molecular flexibility index (Phi) is 2.91. The van der Waals surface area contributed by atoms with E-state index in [9.17, 15) is 5.11 Å². The van der Waals surface area contributed by atoms with E-state index >= 15 is 0 Å². The van der Waals surface area contributed by atoms with Gasteiger partial charge in [-0.2, -0.15) is 0 Å². The molecule has 1 aromatic carbocycles. The minimum atomic E-state index is -0.102. The van der Waals surface area contributed by atoms with Gasteiger partial charge in [0.1, 0.15) is 0 Å². The maximum Gasteiger partial charge on any atom is 0.0611 e. The fourth-order valence-electron chi connectivity index (χ4n) is 4.91. The van der Waals surface area contributed by atoms with Gasteiger partial charge in [-0.05, 0) is 79.4 Å². The summed E-state index contributed by atoms with van der Waals surface area (Å²) in [5.41, 5.74) is 4.44. The predicted octanol–water partition coefficient (Wildman–Crippen LogP) is 3.51. The Morgan fingerprint density at radius 2 is 2.00 bits per heavy atom. The van der Waals surface area contributed by atoms with Crippen LogP contribution in [0.3, 0.4) is 0 Å². The van der Waals surface area contributed by atoms with Crippen LogP contribution in [0.15, 0.2) is 18.2 Å². The molecule has 0 amide bonds. The minimum absolute atomic E-state index is 0.102. The Morgan fingerprint density at radius 3 is 2.79 bits per heavy atom. The fourth-order valence-corrected chi connectivity index (χ4v) is 4.91. The third-order valence-electron chi connectivity index (χ3n) is 5.89. The van der Waals surface area contributed by atoms with E-state index in [1.54, 1.807) is 0 Å². The zero-order valence-electron chi connectivity index (χ0n) is 11.6. The monoisotopic (exact) mass is 256 g/mol. The molecule has 3 aliphatic rings. The molecule has 102 valence electrons. The van der Waals surface area contributed by atoms with Crippen molar-refractivity contribution in [3.63, 3.8) is 0 Å². The molecular formula is C18H24O. The van der Waals surface area contributed by atoms with Crippen LogP contribution in [-0.4, -0.2) is 11.2 Å². The summed E-state index contributed by atoms with van der Waals surface area (Å²) in [7, 11) is 0. The van der Waals surface area contributed by atoms with Crippen LogP contribution in [0, 0.1) is 17.8 Å². The lowest BCUT2D eigenvalue weighted by Crippen LogP contribution is -2.27. The van der Waals surface area contributed by atoms with E-state index in [0.29, 0.717) is 5.92 Å². The van der Waals surface area contributed by atoms with E-state index in [-0.39, 0.29) is 6.10 Å². The third kappa shape index (κ3) is 2.12. The van der Waals surface area contributed by atoms with Gasteiger partial charge in [0.15, 0.2) is 0 Å². The first-order chi connectivity index (χ1) is 9.29. The molecule has 0 aromatic heterocycles. The maximum atomic E-state index is 10.6. The van der Waals surface area contributed by atoms with Crippen LogP contribution < -0.4 is 0 Å². The number of benzene rings is 1. The minimum Gasteiger partial charge on any atom is -0.392 e. The molecule has 0 aliphatic heterocycles. The van der Waals surface area contributed by atoms with Gasteiger partial charge in [-0.1, -0.05) is 24.6 Å². The van der Waals surface area contributed by atoms with Gasteiger partial charge in [0.25, 0.3) is 0 Å². The first-order valence-electron chi connectivity index (χ1n) is 8.08. The lowest BCUT2D eigenvalue weighted by atomic mass is 9.82. The molecule has 1 N–H and O–H groups in total. The molecule has 1 heteroatoms. The van der Waals surface area contributed by atoms with Crippen molar-refractivity contribution in [2.24, 2.45) is 17.8 Å². The number of aliphatic hydroxyl groups excluding tert-OH is 1. The summed E-state index contributed by atoms with van der Waals surface area (Å²) in [5.74, 6) is 2.35. The standard InChI is InChI=1S/C18H24O/c19-18(17-10-12-5-7-16(17)9-12)11-13-4-6-14-2-1-3-15(14)8-13/h4,6,8,12,16-19H,1-3,5,7,9-11H2. The highest BCUT2D eigenvalue weighted by atomic mass is 16.3. The lowest BCUT2D eigenvalue weighted by molar-refractivity contribution is 0.0751. The molecule has 0 saturated heterocycles. The molecule has 4 rings (SSSR count). The molecule has 2 saturated carbocycles. The van der Waals surface area contributed by atoms with Gasteiger partial charge in [0, 0.05) is 0 Å². The van der Waals surface area contributed by atoms with Gasteiger partial charge in [0.05, 0.1) is 6.10 Å². The summed E-state index contributed by atoms with van der Waals surface area (Å²) in [4.78, 5) is 0. The molecule has 2 bridgehead atoms. The molecule has 0 heterocycles. The van der Waals surface area contributed by atoms with Crippen LogP contribution >= 0.6 is 0 Å². The summed E-state index contributed by atoms with van der Waals surface area (Å²) in [6, 6.07) is 6.91. The molecule has 0 radical (unpaired) electrons. The Bertz CT molecular complexity index is 479. The van der Waals surface area contributed by atoms with E-state index in [1.165, 1.54) is 61.6 Å². The highest BCUT2D eigenvalue weighted by Crippen LogP contribution is 2.49. The number of aryl methyl sites for hydroxylation is 2. The van der Waals surface area contributed by atoms with Crippen LogP contribution in [0.2, 0.25) is 0 Å². The molecule has 4 atom stereocenters. The summed E-state index contributed by atoms with van der Waals surface area (Å²) in [6.45, 7) is 0. The first kappa shape index (κ1) is 12.0. The van der Waals surface area contributed by atoms with Crippen molar-refractivity contribution in [2.75, 3.05) is 0 Å². The molecule has 1 nitrogen and oxygen atoms in total. The van der Waals surface area contributed by atoms with Gasteiger partial charge in [-0.15, -0.1) is 0 Å². The van der Waals surface area contributed by atoms with Gasteiger partial charge in [0.2, 0.25) is 0 Å². The zero-order valence-corrected chi connectivity index (χ0v) is 11.6. The van der Waals surface area contributed by atoms with Crippen LogP contribution in [0.4, 0.5) is 0 Å². The van der Waals surface area contributed by atoms with Crippen molar-refractivity contribution < 1.29 is 5.11 Å². The van der Waals surface area contributed by atoms with Crippen molar-refractivity contribution in [3.05, 3.63) is 34.9 Å². The smallest absolute Gasteiger partial charge is 0.0611 e. The quantitative estimate of drug-likeness (QED) is 0.877. The zero-order chi connectivity index (χ0) is 12.8. The number of fused-ring (bicyclic) bond motifs is 3. The number of hydrogen-bond donors (Lipinski definition) is 1. The normalized spacial score (nSPS) is 33.6. The second-order valence-corrected chi connectivity index (χ2v) is 7.07. The van der Waals surface area contributed by atoms with Crippen molar-refractivity contribution in [2.45, 2.75) is 57.5 Å². The Labute approximate surface area is 116 Å². The molecule has 19 heavy (non-hydrogen) atoms. The van der Waals surface area contributed by atoms with Crippen molar-refractivity contribution >= 4 is 0 Å². The average Bonchev–Trinajstić information content (AvgIpc) is 3.13. The van der Waals surface area contributed by atoms with Crippen LogP contribution in [0.5, 0.6) is 0 Å². The van der Waals surface area contributed by atoms with Crippen molar-refractivity contribution in [3.8, 4) is 0 Å². The highest BCUT2D eigenvalue weighted by Gasteiger charge is 2.42. The molecular weight excluding hydrogens is 232 g/mol. The third-order valence-corrected chi connectivity index (χ3v) is 5.89. The Hall–Kier alpha value is -0.820. The van der Waals surface area contributed by atoms with E-state index in [2.05, 4.69) is 18.2 Å². The maximum absolute atomic E-state index is 10.6. The highest BCUT2D eigenvalue weighted by molar-refractivity contribution is 5.35. The van der Waals surface area contributed by atoms with Crippen LogP contribution in [-0.2, 0) is 19.3 Å².